The number of allylic oxidation sites excluding steroid dienone is 6. The Kier molecular flexibility index (Phi) is 4.60. The van der Waals surface area contributed by atoms with Crippen LogP contribution in [0.15, 0.2) is 97.4 Å². The number of nitrogens with zero attached hydrogens (tertiary/aromatic N) is 2. The Morgan fingerprint density at radius 1 is 0.767 bits per heavy atom. The first-order valence-corrected chi connectivity index (χ1v) is 9.74. The predicted octanol–water partition coefficient (Wildman–Crippen LogP) is 6.71. The highest BCUT2D eigenvalue weighted by atomic mass is 19.1. The number of rotatable bonds is 3. The molecule has 0 bridgehead atoms. The van der Waals surface area contributed by atoms with Crippen LogP contribution in [0.2, 0.25) is 0 Å². The van der Waals surface area contributed by atoms with Gasteiger partial charge in [0, 0.05) is 11.8 Å². The van der Waals surface area contributed by atoms with Crippen molar-refractivity contribution in [2.45, 2.75) is 6.42 Å². The van der Waals surface area contributed by atoms with E-state index in [2.05, 4.69) is 23.2 Å². The third-order valence-corrected chi connectivity index (χ3v) is 5.27. The van der Waals surface area contributed by atoms with Gasteiger partial charge in [-0.3, -0.25) is 4.40 Å². The molecule has 1 aliphatic carbocycles. The molecule has 0 amide bonds. The molecule has 4 heteroatoms. The largest absolute Gasteiger partial charge is 0.299 e. The van der Waals surface area contributed by atoms with Gasteiger partial charge >= 0.3 is 0 Å². The van der Waals surface area contributed by atoms with Gasteiger partial charge in [0.25, 0.3) is 0 Å². The second-order valence-electron chi connectivity index (χ2n) is 7.23. The molecule has 0 unspecified atom stereocenters. The lowest BCUT2D eigenvalue weighted by molar-refractivity contribution is 0.627. The van der Waals surface area contributed by atoms with Gasteiger partial charge < -0.3 is 0 Å². The second kappa shape index (κ2) is 7.56. The van der Waals surface area contributed by atoms with E-state index in [1.165, 1.54) is 24.3 Å². The van der Waals surface area contributed by atoms with Crippen molar-refractivity contribution in [3.63, 3.8) is 0 Å². The zero-order valence-electron chi connectivity index (χ0n) is 16.1. The lowest BCUT2D eigenvalue weighted by atomic mass is 9.99. The Hall–Kier alpha value is -3.79. The molecule has 30 heavy (non-hydrogen) atoms. The summed E-state index contributed by atoms with van der Waals surface area (Å²) in [6.45, 7) is 0. The molecule has 5 rings (SSSR count). The van der Waals surface area contributed by atoms with Gasteiger partial charge in [0.1, 0.15) is 17.3 Å². The Labute approximate surface area is 173 Å². The van der Waals surface area contributed by atoms with Crippen molar-refractivity contribution in [2.24, 2.45) is 0 Å². The van der Waals surface area contributed by atoms with Crippen LogP contribution in [0, 0.1) is 11.6 Å². The van der Waals surface area contributed by atoms with E-state index in [-0.39, 0.29) is 11.6 Å². The van der Waals surface area contributed by atoms with Crippen LogP contribution < -0.4 is 0 Å². The smallest absolute Gasteiger partial charge is 0.137 e. The van der Waals surface area contributed by atoms with Crippen LogP contribution in [0.5, 0.6) is 0 Å². The summed E-state index contributed by atoms with van der Waals surface area (Å²) in [5.41, 5.74) is 6.85. The maximum atomic E-state index is 13.3. The van der Waals surface area contributed by atoms with Gasteiger partial charge in [-0.1, -0.05) is 36.4 Å². The summed E-state index contributed by atoms with van der Waals surface area (Å²) < 4.78 is 28.7. The standard InChI is InChI=1S/C26H18F2N2/c27-23-10-5-18(6-11-23)20-3-1-2-4-21(15-20)22-9-14-26-29-16-25(30(26)17-22)19-7-12-24(28)13-8-19/h1-2,4-17H,3H2. The van der Waals surface area contributed by atoms with Crippen LogP contribution in [0.4, 0.5) is 8.78 Å². The number of benzene rings is 2. The van der Waals surface area contributed by atoms with Gasteiger partial charge in [0.2, 0.25) is 0 Å². The molecule has 0 fully saturated rings. The molecule has 0 saturated carbocycles. The maximum absolute atomic E-state index is 13.3. The molecule has 0 aliphatic heterocycles. The minimum absolute atomic E-state index is 0.238. The Balaban J connectivity index is 1.58. The van der Waals surface area contributed by atoms with Crippen LogP contribution in [-0.4, -0.2) is 9.38 Å². The van der Waals surface area contributed by atoms with Crippen molar-refractivity contribution < 1.29 is 8.78 Å². The molecule has 0 atom stereocenters. The lowest BCUT2D eigenvalue weighted by Gasteiger charge is -2.09. The van der Waals surface area contributed by atoms with E-state index in [4.69, 9.17) is 0 Å². The van der Waals surface area contributed by atoms with E-state index in [1.54, 1.807) is 18.3 Å². The highest BCUT2D eigenvalue weighted by molar-refractivity contribution is 5.86. The molecule has 2 nitrogen and oxygen atoms in total. The monoisotopic (exact) mass is 396 g/mol. The summed E-state index contributed by atoms with van der Waals surface area (Å²) in [6, 6.07) is 17.0. The van der Waals surface area contributed by atoms with Crippen molar-refractivity contribution in [1.29, 1.82) is 0 Å². The van der Waals surface area contributed by atoms with Crippen molar-refractivity contribution in [1.82, 2.24) is 9.38 Å². The summed E-state index contributed by atoms with van der Waals surface area (Å²) >= 11 is 0. The Morgan fingerprint density at radius 2 is 1.43 bits per heavy atom. The van der Waals surface area contributed by atoms with Crippen molar-refractivity contribution in [3.8, 4) is 11.3 Å². The number of hydrogen-bond acceptors (Lipinski definition) is 1. The molecule has 0 radical (unpaired) electrons. The Bertz CT molecular complexity index is 1310. The molecule has 2 aromatic heterocycles. The van der Waals surface area contributed by atoms with Gasteiger partial charge in [-0.25, -0.2) is 13.8 Å². The van der Waals surface area contributed by atoms with E-state index < -0.39 is 0 Å². The fourth-order valence-electron chi connectivity index (χ4n) is 3.69. The highest BCUT2D eigenvalue weighted by Crippen LogP contribution is 2.29. The first-order valence-electron chi connectivity index (χ1n) is 9.74. The second-order valence-corrected chi connectivity index (χ2v) is 7.23. The van der Waals surface area contributed by atoms with E-state index in [0.29, 0.717) is 0 Å². The van der Waals surface area contributed by atoms with E-state index in [9.17, 15) is 8.78 Å². The van der Waals surface area contributed by atoms with Gasteiger partial charge in [0.05, 0.1) is 11.9 Å². The molecule has 2 aromatic carbocycles. The molecule has 0 saturated heterocycles. The van der Waals surface area contributed by atoms with E-state index in [1.807, 2.05) is 40.9 Å². The minimum Gasteiger partial charge on any atom is -0.299 e. The average Bonchev–Trinajstić information content (AvgIpc) is 3.03. The minimum atomic E-state index is -0.262. The van der Waals surface area contributed by atoms with Crippen LogP contribution in [-0.2, 0) is 0 Å². The molecule has 1 aliphatic rings. The highest BCUT2D eigenvalue weighted by Gasteiger charge is 2.10. The van der Waals surface area contributed by atoms with Crippen LogP contribution in [0.3, 0.4) is 0 Å². The van der Waals surface area contributed by atoms with Crippen molar-refractivity contribution in [3.05, 3.63) is 120 Å². The number of imidazole rings is 1. The maximum Gasteiger partial charge on any atom is 0.137 e. The fourth-order valence-corrected chi connectivity index (χ4v) is 3.69. The molecule has 0 N–H and O–H groups in total. The van der Waals surface area contributed by atoms with Crippen LogP contribution in [0.1, 0.15) is 17.5 Å². The fraction of sp³-hybridized carbons (Fsp3) is 0.0385. The SMILES string of the molecule is Fc1ccc(C2=CC(c3ccc4ncc(-c5ccc(F)cc5)n4c3)=CC=CC2)cc1. The quantitative estimate of drug-likeness (QED) is 0.376. The summed E-state index contributed by atoms with van der Waals surface area (Å²) in [7, 11) is 0. The Morgan fingerprint density at radius 3 is 2.17 bits per heavy atom. The summed E-state index contributed by atoms with van der Waals surface area (Å²) in [4.78, 5) is 4.48. The lowest BCUT2D eigenvalue weighted by Crippen LogP contribution is -1.92. The van der Waals surface area contributed by atoms with Crippen LogP contribution >= 0.6 is 0 Å². The topological polar surface area (TPSA) is 17.3 Å². The van der Waals surface area contributed by atoms with E-state index >= 15 is 0 Å². The molecule has 0 spiro atoms. The zero-order valence-corrected chi connectivity index (χ0v) is 16.1. The number of pyridine rings is 1. The van der Waals surface area contributed by atoms with Gasteiger partial charge in [0.15, 0.2) is 0 Å². The summed E-state index contributed by atoms with van der Waals surface area (Å²) in [5.74, 6) is -0.500. The first-order chi connectivity index (χ1) is 14.7. The number of hydrogen-bond donors (Lipinski definition) is 0. The van der Waals surface area contributed by atoms with Gasteiger partial charge in [-0.05, 0) is 77.2 Å². The summed E-state index contributed by atoms with van der Waals surface area (Å²) in [6.07, 6.45) is 13.0. The molecule has 146 valence electrons. The first kappa shape index (κ1) is 18.3. The van der Waals surface area contributed by atoms with Crippen molar-refractivity contribution >= 4 is 16.8 Å². The number of aromatic nitrogens is 2. The van der Waals surface area contributed by atoms with Crippen molar-refractivity contribution in [2.75, 3.05) is 0 Å². The molecule has 4 aromatic rings. The normalized spacial score (nSPS) is 13.8. The summed E-state index contributed by atoms with van der Waals surface area (Å²) in [5, 5.41) is 0. The molecular weight excluding hydrogens is 378 g/mol. The van der Waals surface area contributed by atoms with Gasteiger partial charge in [-0.15, -0.1) is 0 Å². The predicted molar refractivity (Wildman–Crippen MR) is 117 cm³/mol. The number of fused-ring (bicyclic) bond motifs is 1. The van der Waals surface area contributed by atoms with E-state index in [0.717, 1.165) is 45.6 Å². The average molecular weight is 396 g/mol. The number of halogens is 2. The van der Waals surface area contributed by atoms with Crippen LogP contribution in [0.25, 0.3) is 28.1 Å². The molecule has 2 heterocycles. The third kappa shape index (κ3) is 3.48. The third-order valence-electron chi connectivity index (χ3n) is 5.27. The van der Waals surface area contributed by atoms with Gasteiger partial charge in [-0.2, -0.15) is 0 Å². The zero-order chi connectivity index (χ0) is 20.5. The molecular formula is C26H18F2N2.